The van der Waals surface area contributed by atoms with E-state index in [0.717, 1.165) is 33.8 Å². The van der Waals surface area contributed by atoms with Crippen LogP contribution in [0.3, 0.4) is 0 Å². The second-order valence-electron chi connectivity index (χ2n) is 7.33. The number of H-pyrrole nitrogens is 1. The van der Waals surface area contributed by atoms with E-state index < -0.39 is 0 Å². The molecule has 1 aromatic heterocycles. The van der Waals surface area contributed by atoms with Crippen molar-refractivity contribution in [2.75, 3.05) is 19.0 Å². The van der Waals surface area contributed by atoms with Gasteiger partial charge in [-0.15, -0.1) is 15.3 Å². The molecule has 4 aromatic rings. The fourth-order valence-electron chi connectivity index (χ4n) is 2.98. The minimum atomic E-state index is 0.238. The first-order valence-electron chi connectivity index (χ1n) is 9.99. The van der Waals surface area contributed by atoms with E-state index in [-0.39, 0.29) is 4.84 Å². The highest BCUT2D eigenvalue weighted by atomic mass is 32.1. The lowest BCUT2D eigenvalue weighted by Gasteiger charge is -2.12. The van der Waals surface area contributed by atoms with E-state index in [1.54, 1.807) is 0 Å². The summed E-state index contributed by atoms with van der Waals surface area (Å²) in [6, 6.07) is 23.4. The van der Waals surface area contributed by atoms with E-state index in [2.05, 4.69) is 20.4 Å². The van der Waals surface area contributed by atoms with E-state index in [1.165, 1.54) is 0 Å². The topological polar surface area (TPSA) is 82.1 Å². The quantitative estimate of drug-likeness (QED) is 0.163. The van der Waals surface area contributed by atoms with Crippen LogP contribution in [0.4, 0.5) is 17.1 Å². The first-order chi connectivity index (χ1) is 15.5. The summed E-state index contributed by atoms with van der Waals surface area (Å²) in [5, 5.41) is 15.6. The molecule has 7 nitrogen and oxygen atoms in total. The summed E-state index contributed by atoms with van der Waals surface area (Å²) in [7, 11) is 4.01. The predicted molar refractivity (Wildman–Crippen MR) is 130 cm³/mol. The van der Waals surface area contributed by atoms with Gasteiger partial charge in [0.1, 0.15) is 0 Å². The molecule has 0 aliphatic carbocycles. The van der Waals surface area contributed by atoms with Crippen LogP contribution in [0, 0.1) is 11.8 Å². The molecule has 0 amide bonds. The monoisotopic (exact) mass is 442 g/mol. The van der Waals surface area contributed by atoms with Crippen molar-refractivity contribution in [3.05, 3.63) is 88.8 Å². The summed E-state index contributed by atoms with van der Waals surface area (Å²) in [5.74, 6) is 0.952. The van der Waals surface area contributed by atoms with Crippen molar-refractivity contribution in [2.45, 2.75) is 6.92 Å². The molecule has 0 spiro atoms. The average Bonchev–Trinajstić information content (AvgIpc) is 3.24. The minimum Gasteiger partial charge on any atom is -0.409 e. The molecule has 1 N–H and O–H groups in total. The lowest BCUT2D eigenvalue weighted by Crippen LogP contribution is -2.08. The Labute approximate surface area is 191 Å². The largest absolute Gasteiger partial charge is 0.409 e. The molecular formula is C24H22N6OS. The van der Waals surface area contributed by atoms with Gasteiger partial charge in [-0.2, -0.15) is 0 Å². The van der Waals surface area contributed by atoms with Crippen LogP contribution in [0.1, 0.15) is 11.1 Å². The van der Waals surface area contributed by atoms with Gasteiger partial charge in [0, 0.05) is 30.9 Å². The third-order valence-electron chi connectivity index (χ3n) is 4.80. The number of nitrogens with one attached hydrogen (secondary N) is 1. The van der Waals surface area contributed by atoms with Crippen LogP contribution in [-0.4, -0.2) is 30.1 Å². The average molecular weight is 443 g/mol. The number of aryl methyl sites for hydroxylation is 1. The van der Waals surface area contributed by atoms with Crippen LogP contribution in [0.15, 0.2) is 92.4 Å². The lowest BCUT2D eigenvalue weighted by molar-refractivity contribution is 0.552. The number of rotatable bonds is 5. The summed E-state index contributed by atoms with van der Waals surface area (Å²) in [5.41, 5.74) is 5.35. The molecule has 4 rings (SSSR count). The highest BCUT2D eigenvalue weighted by molar-refractivity contribution is 7.71. The molecule has 160 valence electrons. The third kappa shape index (κ3) is 5.04. The van der Waals surface area contributed by atoms with Gasteiger partial charge >= 0.3 is 0 Å². The summed E-state index contributed by atoms with van der Waals surface area (Å²) in [6.45, 7) is 2.00. The molecule has 0 bridgehead atoms. The normalized spacial score (nSPS) is 11.8. The summed E-state index contributed by atoms with van der Waals surface area (Å²) in [4.78, 5) is 7.03. The number of hydrogen-bond acceptors (Lipinski definition) is 6. The SMILES string of the molecule is Cc1ccccc1N=NC(=Nc1ccc(-c2n[nH]c(=S)o2)cc1)c1ccc(N(C)C)cc1. The van der Waals surface area contributed by atoms with Crippen molar-refractivity contribution in [1.29, 1.82) is 0 Å². The minimum absolute atomic E-state index is 0.238. The van der Waals surface area contributed by atoms with Crippen molar-refractivity contribution in [1.82, 2.24) is 10.2 Å². The second kappa shape index (κ2) is 9.49. The Balaban J connectivity index is 1.70. The zero-order chi connectivity index (χ0) is 22.5. The first kappa shape index (κ1) is 21.3. The molecule has 0 radical (unpaired) electrons. The molecule has 0 saturated carbocycles. The van der Waals surface area contributed by atoms with Crippen molar-refractivity contribution in [3.8, 4) is 11.5 Å². The second-order valence-corrected chi connectivity index (χ2v) is 7.70. The Morgan fingerprint density at radius 3 is 2.31 bits per heavy atom. The highest BCUT2D eigenvalue weighted by Gasteiger charge is 2.07. The van der Waals surface area contributed by atoms with Crippen LogP contribution in [0.25, 0.3) is 11.5 Å². The maximum Gasteiger partial charge on any atom is 0.284 e. The fraction of sp³-hybridized carbons (Fsp3) is 0.125. The number of nitrogens with zero attached hydrogens (tertiary/aromatic N) is 5. The summed E-state index contributed by atoms with van der Waals surface area (Å²) < 4.78 is 5.36. The maximum atomic E-state index is 5.36. The number of anilines is 1. The van der Waals surface area contributed by atoms with Crippen molar-refractivity contribution in [2.24, 2.45) is 15.2 Å². The molecule has 0 saturated heterocycles. The number of aromatic nitrogens is 2. The van der Waals surface area contributed by atoms with E-state index >= 15 is 0 Å². The van der Waals surface area contributed by atoms with Crippen LogP contribution >= 0.6 is 12.2 Å². The van der Waals surface area contributed by atoms with Gasteiger partial charge in [0.2, 0.25) is 5.89 Å². The number of aliphatic imine (C=N–C) groups is 1. The Bertz CT molecular complexity index is 1320. The van der Waals surface area contributed by atoms with Crippen LogP contribution in [-0.2, 0) is 0 Å². The highest BCUT2D eigenvalue weighted by Crippen LogP contribution is 2.24. The predicted octanol–water partition coefficient (Wildman–Crippen LogP) is 6.64. The van der Waals surface area contributed by atoms with E-state index in [4.69, 9.17) is 21.6 Å². The Morgan fingerprint density at radius 2 is 1.69 bits per heavy atom. The zero-order valence-corrected chi connectivity index (χ0v) is 18.8. The molecule has 0 aliphatic heterocycles. The van der Waals surface area contributed by atoms with Crippen LogP contribution in [0.5, 0.6) is 0 Å². The Hall–Kier alpha value is -3.91. The van der Waals surface area contributed by atoms with Gasteiger partial charge in [0.15, 0.2) is 5.84 Å². The molecule has 0 unspecified atom stereocenters. The number of amidine groups is 1. The van der Waals surface area contributed by atoms with Gasteiger partial charge in [-0.05, 0) is 79.3 Å². The number of azo groups is 1. The standard InChI is InChI=1S/C24H22N6OS/c1-16-6-4-5-7-21(16)26-27-22(17-10-14-20(15-11-17)30(2)3)25-19-12-8-18(9-13-19)23-28-29-24(32)31-23/h4-15H,1-3H3,(H,29,32). The van der Waals surface area contributed by atoms with Gasteiger partial charge in [-0.25, -0.2) is 10.1 Å². The summed E-state index contributed by atoms with van der Waals surface area (Å²) >= 11 is 4.94. The third-order valence-corrected chi connectivity index (χ3v) is 4.97. The fourth-order valence-corrected chi connectivity index (χ4v) is 3.11. The maximum absolute atomic E-state index is 5.36. The van der Waals surface area contributed by atoms with Crippen molar-refractivity contribution >= 4 is 35.1 Å². The van der Waals surface area contributed by atoms with E-state index in [1.807, 2.05) is 98.7 Å². The van der Waals surface area contributed by atoms with Gasteiger partial charge in [0.05, 0.1) is 11.4 Å². The summed E-state index contributed by atoms with van der Waals surface area (Å²) in [6.07, 6.45) is 0. The van der Waals surface area contributed by atoms with Gasteiger partial charge < -0.3 is 9.32 Å². The van der Waals surface area contributed by atoms with E-state index in [9.17, 15) is 0 Å². The van der Waals surface area contributed by atoms with E-state index in [0.29, 0.717) is 11.7 Å². The number of aromatic amines is 1. The number of hydrogen-bond donors (Lipinski definition) is 1. The molecule has 8 heteroatoms. The number of benzene rings is 3. The zero-order valence-electron chi connectivity index (χ0n) is 18.0. The van der Waals surface area contributed by atoms with Gasteiger partial charge in [-0.1, -0.05) is 18.2 Å². The molecule has 0 atom stereocenters. The first-order valence-corrected chi connectivity index (χ1v) is 10.4. The smallest absolute Gasteiger partial charge is 0.284 e. The van der Waals surface area contributed by atoms with Crippen molar-refractivity contribution in [3.63, 3.8) is 0 Å². The van der Waals surface area contributed by atoms with Gasteiger partial charge in [-0.3, -0.25) is 0 Å². The molecule has 0 fully saturated rings. The molecule has 0 aliphatic rings. The van der Waals surface area contributed by atoms with Crippen molar-refractivity contribution < 1.29 is 4.42 Å². The van der Waals surface area contributed by atoms with Crippen LogP contribution in [0.2, 0.25) is 0 Å². The Morgan fingerprint density at radius 1 is 0.969 bits per heavy atom. The molecular weight excluding hydrogens is 420 g/mol. The molecule has 32 heavy (non-hydrogen) atoms. The Kier molecular flexibility index (Phi) is 6.32. The lowest BCUT2D eigenvalue weighted by atomic mass is 10.1. The van der Waals surface area contributed by atoms with Crippen LogP contribution < -0.4 is 4.90 Å². The molecule has 3 aromatic carbocycles. The van der Waals surface area contributed by atoms with Gasteiger partial charge in [0.25, 0.3) is 4.84 Å². The molecule has 1 heterocycles.